The maximum Gasteiger partial charge on any atom is 0.189 e. The highest BCUT2D eigenvalue weighted by Crippen LogP contribution is 2.67. The van der Waals surface area contributed by atoms with Gasteiger partial charge >= 0.3 is 0 Å². The van der Waals surface area contributed by atoms with E-state index in [1.807, 2.05) is 0 Å². The number of fused-ring (bicyclic) bond motifs is 5. The normalized spacial score (nSPS) is 41.0. The number of carbonyl (C=O) groups is 1. The van der Waals surface area contributed by atoms with Gasteiger partial charge in [-0.25, -0.2) is 0 Å². The molecule has 1 nitrogen and oxygen atoms in total. The van der Waals surface area contributed by atoms with E-state index in [9.17, 15) is 4.79 Å². The molecule has 2 heteroatoms. The summed E-state index contributed by atoms with van der Waals surface area (Å²) in [5.74, 6) is 6.13. The first-order valence-corrected chi connectivity index (χ1v) is 17.5. The quantitative estimate of drug-likeness (QED) is 0.293. The SMILES string of the molecule is CC(C)CCC[C@H](C)[C@H]1CC[C@H]2[C@@H]3CC=C4C[C@H](SC(=O)CC5CCCCC5)CC[C@]4(C)[C@H]3CC[C@]12C. The van der Waals surface area contributed by atoms with Crippen molar-refractivity contribution in [2.24, 2.45) is 52.3 Å². The second kappa shape index (κ2) is 11.7. The van der Waals surface area contributed by atoms with Crippen LogP contribution in [0, 0.1) is 52.3 Å². The molecule has 0 aliphatic heterocycles. The Hall–Kier alpha value is -0.240. The first kappa shape index (κ1) is 28.3. The minimum atomic E-state index is 0.411. The Morgan fingerprint density at radius 1 is 0.946 bits per heavy atom. The van der Waals surface area contributed by atoms with Crippen molar-refractivity contribution in [1.82, 2.24) is 0 Å². The first-order chi connectivity index (χ1) is 17.7. The van der Waals surface area contributed by atoms with Crippen LogP contribution in [0.5, 0.6) is 0 Å². The minimum absolute atomic E-state index is 0.411. The highest BCUT2D eigenvalue weighted by Gasteiger charge is 2.59. The maximum absolute atomic E-state index is 12.9. The monoisotopic (exact) mass is 526 g/mol. The van der Waals surface area contributed by atoms with Crippen molar-refractivity contribution in [2.45, 2.75) is 149 Å². The summed E-state index contributed by atoms with van der Waals surface area (Å²) < 4.78 is 0. The summed E-state index contributed by atoms with van der Waals surface area (Å²) in [6.45, 7) is 12.7. The highest BCUT2D eigenvalue weighted by molar-refractivity contribution is 8.14. The summed E-state index contributed by atoms with van der Waals surface area (Å²) in [6.07, 6.45) is 25.5. The van der Waals surface area contributed by atoms with E-state index in [0.717, 1.165) is 41.9 Å². The molecule has 210 valence electrons. The van der Waals surface area contributed by atoms with E-state index >= 15 is 0 Å². The van der Waals surface area contributed by atoms with Gasteiger partial charge in [0.1, 0.15) is 0 Å². The lowest BCUT2D eigenvalue weighted by atomic mass is 9.47. The molecule has 0 amide bonds. The molecule has 4 fully saturated rings. The molecule has 0 aromatic rings. The van der Waals surface area contributed by atoms with Crippen molar-refractivity contribution in [3.63, 3.8) is 0 Å². The number of rotatable bonds is 8. The summed E-state index contributed by atoms with van der Waals surface area (Å²) in [4.78, 5) is 12.9. The molecule has 37 heavy (non-hydrogen) atoms. The van der Waals surface area contributed by atoms with Crippen LogP contribution in [0.1, 0.15) is 144 Å². The van der Waals surface area contributed by atoms with Crippen LogP contribution < -0.4 is 0 Å². The maximum atomic E-state index is 12.9. The lowest BCUT2D eigenvalue weighted by molar-refractivity contribution is -0.112. The fraction of sp³-hybridized carbons (Fsp3) is 0.914. The van der Waals surface area contributed by atoms with Gasteiger partial charge in [0.05, 0.1) is 0 Å². The van der Waals surface area contributed by atoms with Crippen LogP contribution in [0.4, 0.5) is 0 Å². The zero-order chi connectivity index (χ0) is 26.2. The summed E-state index contributed by atoms with van der Waals surface area (Å²) in [6, 6.07) is 0. The standard InChI is InChI=1S/C35H58OS/c1-24(2)10-9-11-25(3)30-16-17-31-29-15-14-27-23-28(37-33(36)22-26-12-7-6-8-13-26)18-20-34(27,4)32(29)19-21-35(30,31)5/h14,24-26,28-32H,6-13,15-23H2,1-5H3/t25-,28+,29-,30+,31-,32-,34-,35+/m0/s1. The second-order valence-electron chi connectivity index (χ2n) is 15.4. The summed E-state index contributed by atoms with van der Waals surface area (Å²) in [7, 11) is 0. The van der Waals surface area contributed by atoms with Gasteiger partial charge in [-0.15, -0.1) is 0 Å². The molecule has 5 aliphatic carbocycles. The molecule has 0 saturated heterocycles. The average molecular weight is 527 g/mol. The Kier molecular flexibility index (Phi) is 8.95. The highest BCUT2D eigenvalue weighted by atomic mass is 32.2. The van der Waals surface area contributed by atoms with E-state index in [-0.39, 0.29) is 0 Å². The van der Waals surface area contributed by atoms with E-state index in [2.05, 4.69) is 40.7 Å². The third-order valence-corrected chi connectivity index (χ3v) is 13.9. The Bertz CT molecular complexity index is 823. The van der Waals surface area contributed by atoms with Crippen LogP contribution in [0.15, 0.2) is 11.6 Å². The molecule has 0 aromatic heterocycles. The summed E-state index contributed by atoms with van der Waals surface area (Å²) in [5, 5.41) is 1.05. The molecule has 0 bridgehead atoms. The van der Waals surface area contributed by atoms with Crippen LogP contribution in [0.3, 0.4) is 0 Å². The van der Waals surface area contributed by atoms with Gasteiger partial charge in [-0.3, -0.25) is 4.79 Å². The predicted octanol–water partition coefficient (Wildman–Crippen LogP) is 10.6. The Balaban J connectivity index is 1.20. The van der Waals surface area contributed by atoms with Crippen LogP contribution in [0.2, 0.25) is 0 Å². The van der Waals surface area contributed by atoms with Crippen LogP contribution in [-0.4, -0.2) is 10.4 Å². The van der Waals surface area contributed by atoms with Gasteiger partial charge < -0.3 is 0 Å². The fourth-order valence-corrected chi connectivity index (χ4v) is 11.8. The van der Waals surface area contributed by atoms with Gasteiger partial charge in [-0.1, -0.05) is 96.6 Å². The molecule has 0 aromatic carbocycles. The smallest absolute Gasteiger partial charge is 0.189 e. The average Bonchev–Trinajstić information content (AvgIpc) is 3.22. The number of thioether (sulfide) groups is 1. The molecule has 4 saturated carbocycles. The Labute approximate surface area is 234 Å². The molecule has 0 spiro atoms. The third-order valence-electron chi connectivity index (χ3n) is 12.7. The van der Waals surface area contributed by atoms with Gasteiger partial charge in [0.25, 0.3) is 0 Å². The molecular formula is C35H58OS. The van der Waals surface area contributed by atoms with E-state index in [1.54, 1.807) is 17.3 Å². The molecule has 0 unspecified atom stereocenters. The van der Waals surface area contributed by atoms with Crippen molar-refractivity contribution in [3.05, 3.63) is 11.6 Å². The molecule has 5 aliphatic rings. The van der Waals surface area contributed by atoms with Crippen molar-refractivity contribution < 1.29 is 4.79 Å². The van der Waals surface area contributed by atoms with Crippen molar-refractivity contribution in [1.29, 1.82) is 0 Å². The van der Waals surface area contributed by atoms with Gasteiger partial charge in [-0.05, 0) is 116 Å². The largest absolute Gasteiger partial charge is 0.287 e. The van der Waals surface area contributed by atoms with Crippen LogP contribution >= 0.6 is 11.8 Å². The topological polar surface area (TPSA) is 17.1 Å². The van der Waals surface area contributed by atoms with Crippen molar-refractivity contribution >= 4 is 16.9 Å². The number of carbonyl (C=O) groups excluding carboxylic acids is 1. The Morgan fingerprint density at radius 3 is 2.49 bits per heavy atom. The van der Waals surface area contributed by atoms with Crippen molar-refractivity contribution in [2.75, 3.05) is 0 Å². The lowest BCUT2D eigenvalue weighted by Gasteiger charge is -2.58. The molecule has 5 rings (SSSR count). The summed E-state index contributed by atoms with van der Waals surface area (Å²) in [5.41, 5.74) is 2.75. The molecular weight excluding hydrogens is 468 g/mol. The van der Waals surface area contributed by atoms with E-state index in [4.69, 9.17) is 0 Å². The van der Waals surface area contributed by atoms with E-state index in [0.29, 0.717) is 27.1 Å². The fourth-order valence-electron chi connectivity index (χ4n) is 10.6. The van der Waals surface area contributed by atoms with Gasteiger partial charge in [0.2, 0.25) is 0 Å². The van der Waals surface area contributed by atoms with Crippen LogP contribution in [0.25, 0.3) is 0 Å². The molecule has 8 atom stereocenters. The molecule has 0 radical (unpaired) electrons. The number of hydrogen-bond acceptors (Lipinski definition) is 2. The molecule has 0 N–H and O–H groups in total. The third kappa shape index (κ3) is 5.81. The first-order valence-electron chi connectivity index (χ1n) is 16.6. The van der Waals surface area contributed by atoms with E-state index < -0.39 is 0 Å². The molecule has 0 heterocycles. The Morgan fingerprint density at radius 2 is 1.73 bits per heavy atom. The summed E-state index contributed by atoms with van der Waals surface area (Å²) >= 11 is 1.74. The minimum Gasteiger partial charge on any atom is -0.287 e. The van der Waals surface area contributed by atoms with Gasteiger partial charge in [0, 0.05) is 11.7 Å². The number of hydrogen-bond donors (Lipinski definition) is 0. The zero-order valence-electron chi connectivity index (χ0n) is 25.0. The van der Waals surface area contributed by atoms with Gasteiger partial charge in [0.15, 0.2) is 5.12 Å². The predicted molar refractivity (Wildman–Crippen MR) is 161 cm³/mol. The van der Waals surface area contributed by atoms with Gasteiger partial charge in [-0.2, -0.15) is 0 Å². The van der Waals surface area contributed by atoms with Crippen LogP contribution in [-0.2, 0) is 4.79 Å². The lowest BCUT2D eigenvalue weighted by Crippen LogP contribution is -2.50. The zero-order valence-corrected chi connectivity index (χ0v) is 25.8. The van der Waals surface area contributed by atoms with E-state index in [1.165, 1.54) is 103 Å². The van der Waals surface area contributed by atoms with Crippen molar-refractivity contribution in [3.8, 4) is 0 Å². The number of allylic oxidation sites excluding steroid dienone is 2. The second-order valence-corrected chi connectivity index (χ2v) is 16.7.